The zero-order valence-corrected chi connectivity index (χ0v) is 17.7. The maximum atomic E-state index is 14.3. The van der Waals surface area contributed by atoms with Gasteiger partial charge in [0.05, 0.1) is 25.4 Å². The second-order valence-corrected chi connectivity index (χ2v) is 9.67. The van der Waals surface area contributed by atoms with Gasteiger partial charge in [0.2, 0.25) is 0 Å². The molecule has 0 amide bonds. The van der Waals surface area contributed by atoms with E-state index in [2.05, 4.69) is 9.47 Å². The van der Waals surface area contributed by atoms with E-state index in [1.165, 1.54) is 0 Å². The molecule has 37 heavy (non-hydrogen) atoms. The first-order valence-electron chi connectivity index (χ1n) is 9.00. The van der Waals surface area contributed by atoms with Gasteiger partial charge >= 0.3 is 47.0 Å². The molecule has 23 heteroatoms. The smallest absolute Gasteiger partial charge is 0.372 e. The van der Waals surface area contributed by atoms with E-state index in [-0.39, 0.29) is 0 Å². The van der Waals surface area contributed by atoms with Gasteiger partial charge in [-0.1, -0.05) is 0 Å². The van der Waals surface area contributed by atoms with Gasteiger partial charge < -0.3 is 9.47 Å². The molecule has 2 unspecified atom stereocenters. The van der Waals surface area contributed by atoms with Gasteiger partial charge in [0.15, 0.2) is 0 Å². The molecule has 0 spiro atoms. The van der Waals surface area contributed by atoms with Gasteiger partial charge in [-0.15, -0.1) is 0 Å². The minimum atomic E-state index is -8.86. The Morgan fingerprint density at radius 1 is 0.541 bits per heavy atom. The molecule has 0 saturated carbocycles. The number of ether oxygens (including phenoxy) is 2. The highest BCUT2D eigenvalue weighted by Gasteiger charge is 2.96. The number of halogens is 17. The lowest BCUT2D eigenvalue weighted by Crippen LogP contribution is -2.75. The van der Waals surface area contributed by atoms with E-state index in [1.54, 1.807) is 0 Å². The second-order valence-electron chi connectivity index (χ2n) is 7.69. The Kier molecular flexibility index (Phi) is 7.38. The van der Waals surface area contributed by atoms with Crippen molar-refractivity contribution in [2.75, 3.05) is 26.3 Å². The first-order valence-corrected chi connectivity index (χ1v) is 10.4. The van der Waals surface area contributed by atoms with Crippen LogP contribution in [0.4, 0.5) is 74.6 Å². The Morgan fingerprint density at radius 2 is 0.811 bits per heavy atom. The molecule has 0 aromatic rings. The van der Waals surface area contributed by atoms with Crippen molar-refractivity contribution in [1.29, 1.82) is 0 Å². The van der Waals surface area contributed by atoms with Gasteiger partial charge in [-0.2, -0.15) is 78.9 Å². The van der Waals surface area contributed by atoms with Crippen LogP contribution < -0.4 is 0 Å². The largest absolute Gasteiger partial charge is 0.460 e. The van der Waals surface area contributed by atoms with E-state index in [0.29, 0.717) is 0 Å². The number of epoxide rings is 2. The Bertz CT molecular complexity index is 957. The third-order valence-electron chi connectivity index (χ3n) is 4.98. The maximum Gasteiger partial charge on any atom is 0.460 e. The monoisotopic (exact) mass is 611 g/mol. The molecule has 2 aliphatic rings. The van der Waals surface area contributed by atoms with Crippen LogP contribution in [0.25, 0.3) is 0 Å². The van der Waals surface area contributed by atoms with Crippen LogP contribution in [0.5, 0.6) is 0 Å². The molecule has 2 saturated heterocycles. The van der Waals surface area contributed by atoms with Crippen molar-refractivity contribution >= 4 is 10.0 Å². The standard InChI is InChI=1S/C14H10F17NO4S/c15-7(16,9(19,20)11(23,24)13(27,28)29)8(17,18)10(21,22)12(25,26)14(30,31)37(33,34)32(1-5-3-35-5)2-6-4-36-6/h5-6H,1-4H2. The van der Waals surface area contributed by atoms with Crippen molar-refractivity contribution < 1.29 is 92.5 Å². The molecule has 2 rings (SSSR count). The molecule has 0 radical (unpaired) electrons. The van der Waals surface area contributed by atoms with Crippen LogP contribution >= 0.6 is 0 Å². The second kappa shape index (κ2) is 8.57. The molecule has 0 aliphatic carbocycles. The lowest BCUT2D eigenvalue weighted by Gasteiger charge is -2.43. The predicted molar refractivity (Wildman–Crippen MR) is 80.7 cm³/mol. The van der Waals surface area contributed by atoms with Gasteiger partial charge in [0.1, 0.15) is 0 Å². The van der Waals surface area contributed by atoms with Crippen LogP contribution in [0.15, 0.2) is 0 Å². The number of nitrogens with zero attached hydrogens (tertiary/aromatic N) is 1. The van der Waals surface area contributed by atoms with Crippen molar-refractivity contribution in [3.63, 3.8) is 0 Å². The summed E-state index contributed by atoms with van der Waals surface area (Å²) in [4.78, 5) is 0. The number of alkyl halides is 17. The fourth-order valence-electron chi connectivity index (χ4n) is 2.55. The highest BCUT2D eigenvalue weighted by molar-refractivity contribution is 7.90. The van der Waals surface area contributed by atoms with Crippen LogP contribution in [0.2, 0.25) is 0 Å². The van der Waals surface area contributed by atoms with Crippen LogP contribution in [-0.4, -0.2) is 98.2 Å². The number of hydrogen-bond acceptors (Lipinski definition) is 4. The highest BCUT2D eigenvalue weighted by atomic mass is 32.2. The topological polar surface area (TPSA) is 62.4 Å². The van der Waals surface area contributed by atoms with Gasteiger partial charge in [0, 0.05) is 13.1 Å². The van der Waals surface area contributed by atoms with Crippen LogP contribution in [0, 0.1) is 0 Å². The van der Waals surface area contributed by atoms with E-state index in [1.807, 2.05) is 0 Å². The van der Waals surface area contributed by atoms with Crippen molar-refractivity contribution in [1.82, 2.24) is 4.31 Å². The van der Waals surface area contributed by atoms with E-state index in [0.717, 1.165) is 0 Å². The lowest BCUT2D eigenvalue weighted by molar-refractivity contribution is -0.458. The minimum Gasteiger partial charge on any atom is -0.372 e. The summed E-state index contributed by atoms with van der Waals surface area (Å²) in [6, 6.07) is 0. The molecule has 0 aromatic heterocycles. The fraction of sp³-hybridized carbons (Fsp3) is 1.00. The molecule has 0 aromatic carbocycles. The zero-order valence-electron chi connectivity index (χ0n) is 16.9. The summed E-state index contributed by atoms with van der Waals surface area (Å²) in [5.41, 5.74) is 0. The maximum absolute atomic E-state index is 14.3. The molecule has 2 aliphatic heterocycles. The summed E-state index contributed by atoms with van der Waals surface area (Å²) in [5, 5.41) is -7.57. The van der Waals surface area contributed by atoms with E-state index in [9.17, 15) is 83.1 Å². The summed E-state index contributed by atoms with van der Waals surface area (Å²) in [6.45, 7) is -3.49. The summed E-state index contributed by atoms with van der Waals surface area (Å²) in [7, 11) is -7.33. The van der Waals surface area contributed by atoms with Crippen molar-refractivity contribution in [2.24, 2.45) is 0 Å². The van der Waals surface area contributed by atoms with Gasteiger partial charge in [-0.3, -0.25) is 0 Å². The van der Waals surface area contributed by atoms with Gasteiger partial charge in [-0.25, -0.2) is 8.42 Å². The van der Waals surface area contributed by atoms with Crippen LogP contribution in [0.3, 0.4) is 0 Å². The molecular weight excluding hydrogens is 601 g/mol. The Morgan fingerprint density at radius 3 is 1.08 bits per heavy atom. The molecule has 2 atom stereocenters. The first-order chi connectivity index (χ1) is 16.1. The highest BCUT2D eigenvalue weighted by Crippen LogP contribution is 2.64. The average molecular weight is 611 g/mol. The normalized spacial score (nSPS) is 23.0. The van der Waals surface area contributed by atoms with Gasteiger partial charge in [-0.05, 0) is 0 Å². The molecule has 0 bridgehead atoms. The van der Waals surface area contributed by atoms with E-state index in [4.69, 9.17) is 0 Å². The van der Waals surface area contributed by atoms with E-state index < -0.39 is 99.8 Å². The van der Waals surface area contributed by atoms with Crippen molar-refractivity contribution in [3.8, 4) is 0 Å². The van der Waals surface area contributed by atoms with Crippen LogP contribution in [-0.2, 0) is 19.5 Å². The van der Waals surface area contributed by atoms with Crippen LogP contribution in [0.1, 0.15) is 0 Å². The van der Waals surface area contributed by atoms with Crippen molar-refractivity contribution in [2.45, 2.75) is 59.2 Å². The summed E-state index contributed by atoms with van der Waals surface area (Å²) < 4.78 is 259. The Balaban J connectivity index is 2.59. The molecule has 220 valence electrons. The molecule has 5 nitrogen and oxygen atoms in total. The summed E-state index contributed by atoms with van der Waals surface area (Å²) >= 11 is 0. The molecule has 2 heterocycles. The third kappa shape index (κ3) is 4.49. The first kappa shape index (κ1) is 31.9. The molecule has 2 fully saturated rings. The minimum absolute atomic E-state index is 0.414. The van der Waals surface area contributed by atoms with Crippen molar-refractivity contribution in [3.05, 3.63) is 0 Å². The predicted octanol–water partition coefficient (Wildman–Crippen LogP) is 4.38. The SMILES string of the molecule is O=S(=O)(N(CC1CO1)CC1CO1)C(F)(F)C(F)(F)C(F)(F)C(F)(F)C(F)(F)C(F)(F)C(F)(F)C(F)(F)F. The molecule has 0 N–H and O–H groups in total. The number of rotatable bonds is 12. The third-order valence-corrected chi connectivity index (χ3v) is 6.86. The Hall–Kier alpha value is -1.36. The summed E-state index contributed by atoms with van der Waals surface area (Å²) in [5.74, 6) is -51.7. The zero-order chi connectivity index (χ0) is 29.5. The summed E-state index contributed by atoms with van der Waals surface area (Å²) in [6.07, 6.45) is -10.5. The number of sulfonamides is 1. The molecular formula is C14H10F17NO4S. The Labute approximate surface area is 193 Å². The van der Waals surface area contributed by atoms with Gasteiger partial charge in [0.25, 0.3) is 10.0 Å². The quantitative estimate of drug-likeness (QED) is 0.243. The fourth-order valence-corrected chi connectivity index (χ4v) is 4.05. The van der Waals surface area contributed by atoms with E-state index >= 15 is 0 Å². The average Bonchev–Trinajstić information content (AvgIpc) is 3.61. The number of hydrogen-bond donors (Lipinski definition) is 0. The lowest BCUT2D eigenvalue weighted by atomic mass is 9.91.